The third-order valence-corrected chi connectivity index (χ3v) is 8.37. The monoisotopic (exact) mass is 498 g/mol. The Morgan fingerprint density at radius 2 is 1.89 bits per heavy atom. The fourth-order valence-corrected chi connectivity index (χ4v) is 5.53. The number of rotatable bonds is 3. The normalized spacial score (nSPS) is 34.4. The summed E-state index contributed by atoms with van der Waals surface area (Å²) < 4.78 is 5.92. The van der Waals surface area contributed by atoms with Crippen molar-refractivity contribution in [2.75, 3.05) is 0 Å². The Morgan fingerprint density at radius 1 is 1.17 bits per heavy atom. The minimum absolute atomic E-state index is 0.0237. The molecule has 0 radical (unpaired) electrons. The van der Waals surface area contributed by atoms with Crippen LogP contribution in [0.15, 0.2) is 29.1 Å². The molecule has 1 unspecified atom stereocenters. The first-order valence-electron chi connectivity index (χ1n) is 13.3. The van der Waals surface area contributed by atoms with Crippen LogP contribution in [0.4, 0.5) is 0 Å². The smallest absolute Gasteiger partial charge is 0.309 e. The Bertz CT molecular complexity index is 970. The van der Waals surface area contributed by atoms with E-state index >= 15 is 0 Å². The van der Waals surface area contributed by atoms with Crippen molar-refractivity contribution in [3.8, 4) is 0 Å². The molecule has 2 aliphatic rings. The average molecular weight is 499 g/mol. The number of hydrogen-bond acceptors (Lipinski definition) is 7. The van der Waals surface area contributed by atoms with Crippen LogP contribution < -0.4 is 0 Å². The van der Waals surface area contributed by atoms with Gasteiger partial charge in [-0.3, -0.25) is 14.6 Å². The van der Waals surface area contributed by atoms with Gasteiger partial charge in [0, 0.05) is 12.1 Å². The first kappa shape index (κ1) is 28.2. The molecule has 1 aliphatic heterocycles. The van der Waals surface area contributed by atoms with Gasteiger partial charge in [-0.05, 0) is 74.1 Å². The van der Waals surface area contributed by atoms with Crippen LogP contribution in [0.2, 0.25) is 0 Å². The van der Waals surface area contributed by atoms with Crippen LogP contribution in [0.5, 0.6) is 0 Å². The lowest BCUT2D eigenvalue weighted by atomic mass is 9.72. The SMILES string of the molecule is C/C(=C\c1ccc(C)cn1)[C@@H]1C[C@@H]2CC2CCC[C@H](C)[C@H](N=O)[C@@H](C)C(=O)C(C)(C)[C@@H](O)CC(=O)O1. The van der Waals surface area contributed by atoms with Crippen molar-refractivity contribution >= 4 is 17.8 Å². The van der Waals surface area contributed by atoms with Gasteiger partial charge in [0.1, 0.15) is 17.9 Å². The van der Waals surface area contributed by atoms with E-state index in [1.165, 1.54) is 0 Å². The zero-order valence-corrected chi connectivity index (χ0v) is 22.6. The third-order valence-electron chi connectivity index (χ3n) is 8.37. The zero-order valence-electron chi connectivity index (χ0n) is 22.6. The number of ketones is 1. The second kappa shape index (κ2) is 11.8. The predicted octanol–water partition coefficient (Wildman–Crippen LogP) is 5.67. The lowest BCUT2D eigenvalue weighted by Gasteiger charge is -2.34. The number of aliphatic hydroxyl groups excluding tert-OH is 1. The van der Waals surface area contributed by atoms with Crippen molar-refractivity contribution < 1.29 is 19.4 Å². The number of nitrogens with zero attached hydrogens (tertiary/aromatic N) is 2. The summed E-state index contributed by atoms with van der Waals surface area (Å²) in [6, 6.07) is 3.29. The summed E-state index contributed by atoms with van der Waals surface area (Å²) in [5.41, 5.74) is 1.58. The molecule has 198 valence electrons. The van der Waals surface area contributed by atoms with Gasteiger partial charge in [0.25, 0.3) is 0 Å². The first-order valence-corrected chi connectivity index (χ1v) is 13.3. The minimum Gasteiger partial charge on any atom is -0.458 e. The van der Waals surface area contributed by atoms with Crippen molar-refractivity contribution in [1.82, 2.24) is 4.98 Å². The van der Waals surface area contributed by atoms with Gasteiger partial charge in [0.15, 0.2) is 0 Å². The lowest BCUT2D eigenvalue weighted by molar-refractivity contribution is -0.154. The quantitative estimate of drug-likeness (QED) is 0.425. The maximum absolute atomic E-state index is 13.3. The fourth-order valence-electron chi connectivity index (χ4n) is 5.53. The summed E-state index contributed by atoms with van der Waals surface area (Å²) in [6.07, 6.45) is 6.51. The molecule has 2 heterocycles. The molecule has 0 aromatic carbocycles. The summed E-state index contributed by atoms with van der Waals surface area (Å²) in [7, 11) is 0. The second-order valence-corrected chi connectivity index (χ2v) is 11.7. The highest BCUT2D eigenvalue weighted by molar-refractivity contribution is 5.88. The van der Waals surface area contributed by atoms with Gasteiger partial charge in [0.2, 0.25) is 0 Å². The minimum atomic E-state index is -1.23. The molecule has 0 amide bonds. The van der Waals surface area contributed by atoms with Crippen LogP contribution in [0, 0.1) is 40.9 Å². The second-order valence-electron chi connectivity index (χ2n) is 11.7. The Morgan fingerprint density at radius 3 is 2.53 bits per heavy atom. The molecule has 1 N–H and O–H groups in total. The number of cyclic esters (lactones) is 1. The van der Waals surface area contributed by atoms with Crippen molar-refractivity contribution in [2.45, 2.75) is 98.3 Å². The molecule has 7 nitrogen and oxygen atoms in total. The van der Waals surface area contributed by atoms with Gasteiger partial charge in [-0.25, -0.2) is 0 Å². The number of carbonyl (C=O) groups is 2. The standard InChI is InChI=1S/C29H42N2O5/c1-17-10-11-23(30-16-17)12-19(3)24-14-22-13-21(22)9-7-8-18(2)27(31-35)20(4)28(34)29(5,6)25(32)15-26(33)36-24/h10-12,16,18,20-22,24-25,27,32H,7-9,13-15H2,1-6H3/b19-12+/t18-,20+,21?,22-,24-,25-,27-/m0/s1. The number of pyridine rings is 1. The summed E-state index contributed by atoms with van der Waals surface area (Å²) >= 11 is 0. The Kier molecular flexibility index (Phi) is 9.20. The van der Waals surface area contributed by atoms with Gasteiger partial charge < -0.3 is 9.84 Å². The fraction of sp³-hybridized carbons (Fsp3) is 0.690. The molecular weight excluding hydrogens is 456 g/mol. The highest BCUT2D eigenvalue weighted by Gasteiger charge is 2.44. The van der Waals surface area contributed by atoms with E-state index in [9.17, 15) is 19.6 Å². The molecule has 0 spiro atoms. The molecule has 7 heteroatoms. The van der Waals surface area contributed by atoms with E-state index in [1.807, 2.05) is 45.2 Å². The van der Waals surface area contributed by atoms with E-state index in [0.29, 0.717) is 11.8 Å². The third kappa shape index (κ3) is 6.87. The van der Waals surface area contributed by atoms with Crippen molar-refractivity contribution in [3.05, 3.63) is 40.1 Å². The highest BCUT2D eigenvalue weighted by atomic mass is 16.5. The van der Waals surface area contributed by atoms with E-state index < -0.39 is 35.6 Å². The number of carbonyl (C=O) groups excluding carboxylic acids is 2. The van der Waals surface area contributed by atoms with Gasteiger partial charge in [0.05, 0.1) is 23.6 Å². The van der Waals surface area contributed by atoms with Crippen LogP contribution in [-0.2, 0) is 14.3 Å². The topological polar surface area (TPSA) is 106 Å². The number of esters is 1. The Labute approximate surface area is 215 Å². The number of aromatic nitrogens is 1. The number of nitroso groups, excluding NO2 is 1. The first-order chi connectivity index (χ1) is 16.9. The zero-order chi connectivity index (χ0) is 26.6. The number of fused-ring (bicyclic) bond motifs is 1. The maximum Gasteiger partial charge on any atom is 0.309 e. The molecule has 1 saturated carbocycles. The van der Waals surface area contributed by atoms with Crippen molar-refractivity contribution in [3.63, 3.8) is 0 Å². The van der Waals surface area contributed by atoms with Crippen LogP contribution >= 0.6 is 0 Å². The maximum atomic E-state index is 13.3. The summed E-state index contributed by atoms with van der Waals surface area (Å²) in [6.45, 7) is 10.9. The van der Waals surface area contributed by atoms with E-state index in [4.69, 9.17) is 4.74 Å². The molecule has 1 aromatic rings. The van der Waals surface area contributed by atoms with E-state index in [-0.39, 0.29) is 18.1 Å². The van der Waals surface area contributed by atoms with Gasteiger partial charge >= 0.3 is 5.97 Å². The molecule has 36 heavy (non-hydrogen) atoms. The van der Waals surface area contributed by atoms with E-state index in [1.54, 1.807) is 20.8 Å². The van der Waals surface area contributed by atoms with Crippen LogP contribution in [0.1, 0.15) is 84.4 Å². The number of hydrogen-bond donors (Lipinski definition) is 1. The number of Topliss-reactive ketones (excluding diaryl/α,β-unsaturated/α-hetero) is 1. The molecule has 3 rings (SSSR count). The lowest BCUT2D eigenvalue weighted by Crippen LogP contribution is -2.45. The molecule has 7 atom stereocenters. The summed E-state index contributed by atoms with van der Waals surface area (Å²) in [4.78, 5) is 42.4. The Hall–Kier alpha value is -2.41. The van der Waals surface area contributed by atoms with Crippen LogP contribution in [0.25, 0.3) is 6.08 Å². The number of aryl methyl sites for hydroxylation is 1. The van der Waals surface area contributed by atoms with Gasteiger partial charge in [-0.15, -0.1) is 0 Å². The number of ether oxygens (including phenoxy) is 1. The number of aliphatic hydroxyl groups is 1. The van der Waals surface area contributed by atoms with E-state index in [2.05, 4.69) is 10.2 Å². The van der Waals surface area contributed by atoms with Gasteiger partial charge in [-0.2, -0.15) is 4.91 Å². The van der Waals surface area contributed by atoms with E-state index in [0.717, 1.165) is 48.9 Å². The van der Waals surface area contributed by atoms with Crippen molar-refractivity contribution in [2.24, 2.45) is 34.3 Å². The highest BCUT2D eigenvalue weighted by Crippen LogP contribution is 2.47. The largest absolute Gasteiger partial charge is 0.458 e. The predicted molar refractivity (Wildman–Crippen MR) is 140 cm³/mol. The molecule has 1 aromatic heterocycles. The summed E-state index contributed by atoms with van der Waals surface area (Å²) in [5.74, 6) is -0.408. The van der Waals surface area contributed by atoms with Crippen LogP contribution in [-0.4, -0.2) is 40.1 Å². The van der Waals surface area contributed by atoms with Crippen LogP contribution in [0.3, 0.4) is 0 Å². The molecule has 0 bridgehead atoms. The van der Waals surface area contributed by atoms with Crippen molar-refractivity contribution in [1.29, 1.82) is 0 Å². The molecule has 1 aliphatic carbocycles. The van der Waals surface area contributed by atoms with Gasteiger partial charge in [-0.1, -0.05) is 51.8 Å². The molecular formula is C29H42N2O5. The molecule has 2 fully saturated rings. The Balaban J connectivity index is 1.84. The average Bonchev–Trinajstić information content (AvgIpc) is 3.56. The summed E-state index contributed by atoms with van der Waals surface area (Å²) in [5, 5.41) is 14.2. The molecule has 1 saturated heterocycles.